The Morgan fingerprint density at radius 1 is 1.17 bits per heavy atom. The number of hydrazone groups is 1. The molecule has 0 aliphatic rings. The summed E-state index contributed by atoms with van der Waals surface area (Å²) >= 11 is 11.8. The Labute approximate surface area is 144 Å². The predicted molar refractivity (Wildman–Crippen MR) is 89.9 cm³/mol. The molecule has 0 N–H and O–H groups in total. The van der Waals surface area contributed by atoms with Gasteiger partial charge in [0.1, 0.15) is 5.82 Å². The van der Waals surface area contributed by atoms with Gasteiger partial charge in [0.15, 0.2) is 5.17 Å². The third-order valence-electron chi connectivity index (χ3n) is 3.06. The van der Waals surface area contributed by atoms with Crippen molar-refractivity contribution in [1.82, 2.24) is 4.41 Å². The van der Waals surface area contributed by atoms with Crippen molar-refractivity contribution in [3.8, 4) is 0 Å². The molecule has 4 nitrogen and oxygen atoms in total. The van der Waals surface area contributed by atoms with Gasteiger partial charge in [-0.2, -0.15) is 12.8 Å². The molecule has 0 radical (unpaired) electrons. The van der Waals surface area contributed by atoms with Gasteiger partial charge >= 0.3 is 0 Å². The number of benzene rings is 2. The minimum absolute atomic E-state index is 0.0416. The quantitative estimate of drug-likeness (QED) is 0.599. The maximum absolute atomic E-state index is 13.8. The normalized spacial score (nSPS) is 12.3. The molecule has 0 saturated heterocycles. The van der Waals surface area contributed by atoms with E-state index in [1.165, 1.54) is 31.3 Å². The highest BCUT2D eigenvalue weighted by Gasteiger charge is 2.21. The van der Waals surface area contributed by atoms with E-state index in [9.17, 15) is 12.8 Å². The van der Waals surface area contributed by atoms with Crippen molar-refractivity contribution in [2.75, 3.05) is 7.05 Å². The Balaban J connectivity index is 2.40. The summed E-state index contributed by atoms with van der Waals surface area (Å²) in [6.07, 6.45) is 0. The Bertz CT molecular complexity index is 832. The summed E-state index contributed by atoms with van der Waals surface area (Å²) in [7, 11) is -2.67. The van der Waals surface area contributed by atoms with E-state index in [-0.39, 0.29) is 20.7 Å². The highest BCUT2D eigenvalue weighted by atomic mass is 35.5. The summed E-state index contributed by atoms with van der Waals surface area (Å²) in [5.74, 6) is -0.688. The van der Waals surface area contributed by atoms with Crippen LogP contribution in [0.15, 0.2) is 52.5 Å². The molecule has 23 heavy (non-hydrogen) atoms. The van der Waals surface area contributed by atoms with Crippen LogP contribution in [0.2, 0.25) is 5.02 Å². The molecular weight excluding hydrogens is 362 g/mol. The fraction of sp³-hybridized carbons (Fsp3) is 0.133. The summed E-state index contributed by atoms with van der Waals surface area (Å²) in [6, 6.07) is 10.3. The lowest BCUT2D eigenvalue weighted by atomic mass is 10.2. The van der Waals surface area contributed by atoms with Gasteiger partial charge in [0.05, 0.1) is 15.5 Å². The van der Waals surface area contributed by atoms with Crippen LogP contribution >= 0.6 is 23.2 Å². The van der Waals surface area contributed by atoms with E-state index < -0.39 is 15.8 Å². The zero-order valence-corrected chi connectivity index (χ0v) is 14.6. The number of halogens is 3. The minimum atomic E-state index is -3.89. The lowest BCUT2D eigenvalue weighted by molar-refractivity contribution is 0.490. The number of aryl methyl sites for hydroxylation is 1. The van der Waals surface area contributed by atoms with E-state index in [0.29, 0.717) is 4.41 Å². The standard InChI is InChI=1S/C15H13Cl2FN2O2S/c1-10-6-8-11(9-7-10)23(21,22)20(2)19-15(17)14-12(16)4-3-5-13(14)18/h3-9H,1-2H3/b19-15+. The van der Waals surface area contributed by atoms with Crippen molar-refractivity contribution in [2.24, 2.45) is 5.10 Å². The number of sulfonamides is 1. The first-order valence-corrected chi connectivity index (χ1v) is 8.67. The van der Waals surface area contributed by atoms with Crippen LogP contribution in [-0.4, -0.2) is 25.1 Å². The van der Waals surface area contributed by atoms with Gasteiger partial charge in [-0.05, 0) is 31.2 Å². The van der Waals surface area contributed by atoms with Gasteiger partial charge in [0, 0.05) is 7.05 Å². The maximum atomic E-state index is 13.8. The largest absolute Gasteiger partial charge is 0.278 e. The summed E-state index contributed by atoms with van der Waals surface area (Å²) in [4.78, 5) is 0.0541. The zero-order valence-electron chi connectivity index (χ0n) is 12.3. The van der Waals surface area contributed by atoms with E-state index in [1.807, 2.05) is 6.92 Å². The molecule has 2 aromatic rings. The second-order valence-electron chi connectivity index (χ2n) is 4.74. The summed E-state index contributed by atoms with van der Waals surface area (Å²) < 4.78 is 39.3. The van der Waals surface area contributed by atoms with E-state index in [4.69, 9.17) is 23.2 Å². The Morgan fingerprint density at radius 3 is 2.35 bits per heavy atom. The Kier molecular flexibility index (Phi) is 5.29. The second-order valence-corrected chi connectivity index (χ2v) is 7.46. The molecule has 8 heteroatoms. The molecule has 2 aromatic carbocycles. The SMILES string of the molecule is Cc1ccc(S(=O)(=O)N(C)/N=C(/Cl)c2c(F)cccc2Cl)cc1. The first kappa shape index (κ1) is 17.7. The molecule has 0 amide bonds. The van der Waals surface area contributed by atoms with Crippen LogP contribution in [0.1, 0.15) is 11.1 Å². The number of nitrogens with zero attached hydrogens (tertiary/aromatic N) is 2. The zero-order chi connectivity index (χ0) is 17.2. The highest BCUT2D eigenvalue weighted by molar-refractivity contribution is 7.89. The topological polar surface area (TPSA) is 49.7 Å². The van der Waals surface area contributed by atoms with Crippen molar-refractivity contribution in [3.05, 3.63) is 64.4 Å². The van der Waals surface area contributed by atoms with E-state index in [1.54, 1.807) is 12.1 Å². The van der Waals surface area contributed by atoms with Gasteiger partial charge < -0.3 is 0 Å². The van der Waals surface area contributed by atoms with Gasteiger partial charge in [-0.3, -0.25) is 0 Å². The number of hydrogen-bond acceptors (Lipinski definition) is 3. The molecule has 0 fully saturated rings. The van der Waals surface area contributed by atoms with Gasteiger partial charge in [-0.15, -0.1) is 5.10 Å². The van der Waals surface area contributed by atoms with Gasteiger partial charge in [0.25, 0.3) is 10.0 Å². The van der Waals surface area contributed by atoms with Crippen LogP contribution in [-0.2, 0) is 10.0 Å². The monoisotopic (exact) mass is 374 g/mol. The van der Waals surface area contributed by atoms with Crippen molar-refractivity contribution in [1.29, 1.82) is 0 Å². The average molecular weight is 375 g/mol. The Morgan fingerprint density at radius 2 is 1.78 bits per heavy atom. The van der Waals surface area contributed by atoms with Crippen molar-refractivity contribution >= 4 is 38.4 Å². The lowest BCUT2D eigenvalue weighted by Gasteiger charge is -2.15. The van der Waals surface area contributed by atoms with Crippen LogP contribution < -0.4 is 0 Å². The van der Waals surface area contributed by atoms with E-state index in [0.717, 1.165) is 11.6 Å². The lowest BCUT2D eigenvalue weighted by Crippen LogP contribution is -2.23. The maximum Gasteiger partial charge on any atom is 0.278 e. The molecule has 0 aromatic heterocycles. The molecule has 0 heterocycles. The van der Waals surface area contributed by atoms with Gasteiger partial charge in [0.2, 0.25) is 0 Å². The first-order chi connectivity index (χ1) is 10.7. The minimum Gasteiger partial charge on any atom is -0.206 e. The molecule has 0 bridgehead atoms. The molecule has 0 atom stereocenters. The molecule has 0 aliphatic carbocycles. The average Bonchev–Trinajstić information content (AvgIpc) is 2.47. The van der Waals surface area contributed by atoms with Gasteiger partial charge in [-0.25, -0.2) is 4.39 Å². The third-order valence-corrected chi connectivity index (χ3v) is 5.29. The van der Waals surface area contributed by atoms with Crippen LogP contribution in [0, 0.1) is 12.7 Å². The molecule has 0 spiro atoms. The molecule has 2 rings (SSSR count). The first-order valence-electron chi connectivity index (χ1n) is 6.47. The van der Waals surface area contributed by atoms with Crippen LogP contribution in [0.5, 0.6) is 0 Å². The number of rotatable bonds is 4. The predicted octanol–water partition coefficient (Wildman–Crippen LogP) is 4.01. The van der Waals surface area contributed by atoms with Crippen molar-refractivity contribution < 1.29 is 12.8 Å². The van der Waals surface area contributed by atoms with Crippen LogP contribution in [0.4, 0.5) is 4.39 Å². The van der Waals surface area contributed by atoms with E-state index in [2.05, 4.69) is 5.10 Å². The summed E-state index contributed by atoms with van der Waals surface area (Å²) in [5.41, 5.74) is 0.771. The molecule has 0 aliphatic heterocycles. The van der Waals surface area contributed by atoms with Crippen molar-refractivity contribution in [3.63, 3.8) is 0 Å². The van der Waals surface area contributed by atoms with Crippen LogP contribution in [0.25, 0.3) is 0 Å². The summed E-state index contributed by atoms with van der Waals surface area (Å²) in [6.45, 7) is 1.84. The van der Waals surface area contributed by atoms with E-state index >= 15 is 0 Å². The summed E-state index contributed by atoms with van der Waals surface area (Å²) in [5, 5.41) is 3.43. The smallest absolute Gasteiger partial charge is 0.206 e. The highest BCUT2D eigenvalue weighted by Crippen LogP contribution is 2.23. The third kappa shape index (κ3) is 3.83. The van der Waals surface area contributed by atoms with Gasteiger partial charge in [-0.1, -0.05) is 47.0 Å². The van der Waals surface area contributed by atoms with Crippen molar-refractivity contribution in [2.45, 2.75) is 11.8 Å². The second kappa shape index (κ2) is 6.86. The Hall–Kier alpha value is -1.63. The fourth-order valence-electron chi connectivity index (χ4n) is 1.79. The molecular formula is C15H13Cl2FN2O2S. The fourth-order valence-corrected chi connectivity index (χ4v) is 3.41. The molecule has 122 valence electrons. The molecule has 0 unspecified atom stereocenters. The number of hydrogen-bond donors (Lipinski definition) is 0. The molecule has 0 saturated carbocycles. The van der Waals surface area contributed by atoms with Crippen LogP contribution in [0.3, 0.4) is 0 Å².